The van der Waals surface area contributed by atoms with E-state index in [1.54, 1.807) is 24.3 Å². The number of benzene rings is 2. The molecule has 1 aliphatic heterocycles. The highest BCUT2D eigenvalue weighted by atomic mass is 35.5. The van der Waals surface area contributed by atoms with E-state index in [0.717, 1.165) is 38.9 Å². The van der Waals surface area contributed by atoms with Crippen molar-refractivity contribution >= 4 is 24.3 Å². The lowest BCUT2D eigenvalue weighted by Crippen LogP contribution is -2.31. The van der Waals surface area contributed by atoms with E-state index in [-0.39, 0.29) is 29.8 Å². The van der Waals surface area contributed by atoms with Gasteiger partial charge in [0.1, 0.15) is 11.6 Å². The molecule has 1 saturated heterocycles. The van der Waals surface area contributed by atoms with Gasteiger partial charge in [0.15, 0.2) is 5.78 Å². The molecule has 144 valence electrons. The first-order valence-corrected chi connectivity index (χ1v) is 9.07. The maximum Gasteiger partial charge on any atom is 0.162 e. The minimum atomic E-state index is -0.325. The zero-order valence-electron chi connectivity index (χ0n) is 15.2. The maximum absolute atomic E-state index is 13.7. The molecule has 0 saturated carbocycles. The molecule has 1 aliphatic rings. The second-order valence-electron chi connectivity index (χ2n) is 6.70. The lowest BCUT2D eigenvalue weighted by molar-refractivity contribution is 0.0974. The molecule has 2 aromatic carbocycles. The van der Waals surface area contributed by atoms with Crippen molar-refractivity contribution in [3.05, 3.63) is 76.9 Å². The molecule has 27 heavy (non-hydrogen) atoms. The van der Waals surface area contributed by atoms with Crippen molar-refractivity contribution in [2.75, 3.05) is 19.6 Å². The SMILES string of the molecule is Cl.O=C(CCCN1CCC(=Cc2ccccc2F)CC1)c1ccc(F)cc1. The Labute approximate surface area is 165 Å². The summed E-state index contributed by atoms with van der Waals surface area (Å²) in [6.07, 6.45) is 5.09. The van der Waals surface area contributed by atoms with Crippen LogP contribution in [0.1, 0.15) is 41.6 Å². The van der Waals surface area contributed by atoms with Crippen molar-refractivity contribution < 1.29 is 13.6 Å². The van der Waals surface area contributed by atoms with Crippen LogP contribution in [0.15, 0.2) is 54.1 Å². The van der Waals surface area contributed by atoms with Crippen LogP contribution in [0.3, 0.4) is 0 Å². The Bertz CT molecular complexity index is 779. The second kappa shape index (κ2) is 10.3. The summed E-state index contributed by atoms with van der Waals surface area (Å²) < 4.78 is 26.6. The molecule has 0 spiro atoms. The predicted octanol–water partition coefficient (Wildman–Crippen LogP) is 5.53. The van der Waals surface area contributed by atoms with E-state index in [0.29, 0.717) is 17.5 Å². The van der Waals surface area contributed by atoms with Crippen LogP contribution in [0, 0.1) is 11.6 Å². The van der Waals surface area contributed by atoms with E-state index in [2.05, 4.69) is 4.90 Å². The van der Waals surface area contributed by atoms with Crippen LogP contribution in [-0.4, -0.2) is 30.3 Å². The highest BCUT2D eigenvalue weighted by molar-refractivity contribution is 5.95. The fourth-order valence-corrected chi connectivity index (χ4v) is 3.26. The Morgan fingerprint density at radius 1 is 1.00 bits per heavy atom. The Balaban J connectivity index is 0.00000261. The lowest BCUT2D eigenvalue weighted by Gasteiger charge is -2.28. The topological polar surface area (TPSA) is 20.3 Å². The van der Waals surface area contributed by atoms with Gasteiger partial charge in [-0.2, -0.15) is 0 Å². The summed E-state index contributed by atoms with van der Waals surface area (Å²) in [5, 5.41) is 0. The van der Waals surface area contributed by atoms with Gasteiger partial charge in [-0.15, -0.1) is 12.4 Å². The maximum atomic E-state index is 13.7. The van der Waals surface area contributed by atoms with Gasteiger partial charge >= 0.3 is 0 Å². The number of carbonyl (C=O) groups excluding carboxylic acids is 1. The average molecular weight is 392 g/mol. The van der Waals surface area contributed by atoms with Crippen molar-refractivity contribution in [3.8, 4) is 0 Å². The molecule has 1 heterocycles. The van der Waals surface area contributed by atoms with Crippen LogP contribution in [0.2, 0.25) is 0 Å². The molecule has 0 atom stereocenters. The van der Waals surface area contributed by atoms with Crippen LogP contribution < -0.4 is 0 Å². The number of halogens is 3. The van der Waals surface area contributed by atoms with Crippen molar-refractivity contribution in [1.29, 1.82) is 0 Å². The number of rotatable bonds is 6. The van der Waals surface area contributed by atoms with Gasteiger partial charge in [-0.05, 0) is 56.1 Å². The van der Waals surface area contributed by atoms with Crippen molar-refractivity contribution in [3.63, 3.8) is 0 Å². The Kier molecular flexibility index (Phi) is 8.14. The molecule has 0 bridgehead atoms. The van der Waals surface area contributed by atoms with Gasteiger partial charge in [0, 0.05) is 30.6 Å². The van der Waals surface area contributed by atoms with Crippen LogP contribution in [0.5, 0.6) is 0 Å². The Hall–Kier alpha value is -2.04. The van der Waals surface area contributed by atoms with Crippen molar-refractivity contribution in [1.82, 2.24) is 4.90 Å². The smallest absolute Gasteiger partial charge is 0.162 e. The molecule has 5 heteroatoms. The van der Waals surface area contributed by atoms with Gasteiger partial charge in [-0.25, -0.2) is 8.78 Å². The number of likely N-dealkylation sites (tertiary alicyclic amines) is 1. The van der Waals surface area contributed by atoms with Gasteiger partial charge in [-0.3, -0.25) is 4.79 Å². The standard InChI is InChI=1S/C22H23F2NO.ClH/c23-20-9-7-18(8-10-20)22(26)6-3-13-25-14-11-17(12-15-25)16-19-4-1-2-5-21(19)24;/h1-2,4-5,7-10,16H,3,6,11-15H2;1H. The zero-order chi connectivity index (χ0) is 18.4. The first kappa shape index (κ1) is 21.3. The summed E-state index contributed by atoms with van der Waals surface area (Å²) in [5.41, 5.74) is 2.50. The number of carbonyl (C=O) groups is 1. The van der Waals surface area contributed by atoms with E-state index < -0.39 is 0 Å². The quantitative estimate of drug-likeness (QED) is 0.603. The highest BCUT2D eigenvalue weighted by Crippen LogP contribution is 2.21. The minimum Gasteiger partial charge on any atom is -0.303 e. The van der Waals surface area contributed by atoms with E-state index in [4.69, 9.17) is 0 Å². The Morgan fingerprint density at radius 3 is 2.33 bits per heavy atom. The van der Waals surface area contributed by atoms with Crippen molar-refractivity contribution in [2.24, 2.45) is 0 Å². The first-order valence-electron chi connectivity index (χ1n) is 9.07. The fraction of sp³-hybridized carbons (Fsp3) is 0.318. The Morgan fingerprint density at radius 2 is 1.67 bits per heavy atom. The molecular weight excluding hydrogens is 368 g/mol. The van der Waals surface area contributed by atoms with Gasteiger partial charge < -0.3 is 4.90 Å². The second-order valence-corrected chi connectivity index (χ2v) is 6.70. The molecule has 0 unspecified atom stereocenters. The summed E-state index contributed by atoms with van der Waals surface area (Å²) in [6, 6.07) is 12.6. The molecule has 3 rings (SSSR count). The molecule has 0 radical (unpaired) electrons. The minimum absolute atomic E-state index is 0. The lowest BCUT2D eigenvalue weighted by atomic mass is 10.00. The van der Waals surface area contributed by atoms with Crippen LogP contribution in [0.25, 0.3) is 6.08 Å². The predicted molar refractivity (Wildman–Crippen MR) is 107 cm³/mol. The number of piperidine rings is 1. The molecule has 0 aromatic heterocycles. The number of Topliss-reactive ketones (excluding diaryl/α,β-unsaturated/α-hetero) is 1. The van der Waals surface area contributed by atoms with Crippen LogP contribution >= 0.6 is 12.4 Å². The number of hydrogen-bond acceptors (Lipinski definition) is 2. The summed E-state index contributed by atoms with van der Waals surface area (Å²) in [6.45, 7) is 2.75. The average Bonchev–Trinajstić information content (AvgIpc) is 2.65. The monoisotopic (exact) mass is 391 g/mol. The molecule has 0 aliphatic carbocycles. The summed E-state index contributed by atoms with van der Waals surface area (Å²) in [4.78, 5) is 14.4. The van der Waals surface area contributed by atoms with Crippen molar-refractivity contribution in [2.45, 2.75) is 25.7 Å². The molecule has 2 aromatic rings. The van der Waals surface area contributed by atoms with E-state index >= 15 is 0 Å². The molecule has 0 N–H and O–H groups in total. The zero-order valence-corrected chi connectivity index (χ0v) is 16.0. The van der Waals surface area contributed by atoms with Crippen LogP contribution in [0.4, 0.5) is 8.78 Å². The molecule has 1 fully saturated rings. The number of nitrogens with zero attached hydrogens (tertiary/aromatic N) is 1. The summed E-state index contributed by atoms with van der Waals surface area (Å²) >= 11 is 0. The summed E-state index contributed by atoms with van der Waals surface area (Å²) in [5.74, 6) is -0.446. The molecular formula is C22H24ClF2NO. The third-order valence-corrected chi connectivity index (χ3v) is 4.81. The highest BCUT2D eigenvalue weighted by Gasteiger charge is 2.15. The fourth-order valence-electron chi connectivity index (χ4n) is 3.26. The third kappa shape index (κ3) is 6.26. The number of hydrogen-bond donors (Lipinski definition) is 0. The normalized spacial score (nSPS) is 14.5. The van der Waals surface area contributed by atoms with Gasteiger partial charge in [0.25, 0.3) is 0 Å². The van der Waals surface area contributed by atoms with E-state index in [9.17, 15) is 13.6 Å². The van der Waals surface area contributed by atoms with Gasteiger partial charge in [-0.1, -0.05) is 29.8 Å². The van der Waals surface area contributed by atoms with Crippen LogP contribution in [-0.2, 0) is 0 Å². The van der Waals surface area contributed by atoms with E-state index in [1.807, 2.05) is 12.1 Å². The summed E-state index contributed by atoms with van der Waals surface area (Å²) in [7, 11) is 0. The molecule has 2 nitrogen and oxygen atoms in total. The van der Waals surface area contributed by atoms with Gasteiger partial charge in [0.05, 0.1) is 0 Å². The van der Waals surface area contributed by atoms with E-state index in [1.165, 1.54) is 23.8 Å². The number of ketones is 1. The third-order valence-electron chi connectivity index (χ3n) is 4.81. The molecule has 0 amide bonds. The largest absolute Gasteiger partial charge is 0.303 e. The van der Waals surface area contributed by atoms with Gasteiger partial charge in [0.2, 0.25) is 0 Å². The first-order chi connectivity index (χ1) is 12.6.